The minimum Gasteiger partial charge on any atom is -0.497 e. The number of piperidine rings is 1. The fourth-order valence-electron chi connectivity index (χ4n) is 4.72. The highest BCUT2D eigenvalue weighted by Crippen LogP contribution is 2.32. The molecule has 2 aliphatic heterocycles. The maximum absolute atomic E-state index is 12.7. The van der Waals surface area contributed by atoms with Crippen molar-refractivity contribution in [3.05, 3.63) is 70.2 Å². The van der Waals surface area contributed by atoms with Gasteiger partial charge in [-0.1, -0.05) is 12.1 Å². The summed E-state index contributed by atoms with van der Waals surface area (Å²) in [7, 11) is 1.58. The molecule has 1 N–H and O–H groups in total. The van der Waals surface area contributed by atoms with E-state index in [1.54, 1.807) is 36.8 Å². The molecule has 1 atom stereocenters. The number of ketones is 1. The molecule has 1 unspecified atom stereocenters. The third-order valence-electron chi connectivity index (χ3n) is 6.99. The Balaban J connectivity index is 1.05. The third kappa shape index (κ3) is 6.57. The van der Waals surface area contributed by atoms with E-state index in [4.69, 9.17) is 14.2 Å². The Labute approximate surface area is 231 Å². The van der Waals surface area contributed by atoms with Gasteiger partial charge in [-0.15, -0.1) is 11.3 Å². The minimum atomic E-state index is -0.268. The molecule has 3 heterocycles. The van der Waals surface area contributed by atoms with E-state index >= 15 is 0 Å². The van der Waals surface area contributed by atoms with E-state index in [2.05, 4.69) is 10.3 Å². The summed E-state index contributed by atoms with van der Waals surface area (Å²) in [6, 6.07) is 14.4. The first-order valence-electron chi connectivity index (χ1n) is 13.1. The molecule has 2 amide bonds. The van der Waals surface area contributed by atoms with Gasteiger partial charge in [-0.25, -0.2) is 4.98 Å². The first-order valence-corrected chi connectivity index (χ1v) is 13.9. The number of aromatic nitrogens is 1. The van der Waals surface area contributed by atoms with Crippen LogP contribution in [0.5, 0.6) is 17.2 Å². The van der Waals surface area contributed by atoms with E-state index in [1.807, 2.05) is 29.2 Å². The number of likely N-dealkylation sites (tertiary alicyclic amines) is 1. The summed E-state index contributed by atoms with van der Waals surface area (Å²) in [5.41, 5.74) is 0.971. The average molecular weight is 550 g/mol. The molecule has 0 aliphatic carbocycles. The van der Waals surface area contributed by atoms with Gasteiger partial charge in [0.05, 0.1) is 18.7 Å². The number of ether oxygens (including phenoxy) is 3. The van der Waals surface area contributed by atoms with Gasteiger partial charge >= 0.3 is 0 Å². The molecular weight excluding hydrogens is 518 g/mol. The molecule has 3 aromatic rings. The van der Waals surface area contributed by atoms with Crippen LogP contribution in [0.3, 0.4) is 0 Å². The number of nitrogens with one attached hydrogen (secondary N) is 1. The van der Waals surface area contributed by atoms with Crippen LogP contribution in [-0.2, 0) is 4.79 Å². The second-order valence-electron chi connectivity index (χ2n) is 9.59. The molecule has 0 bridgehead atoms. The van der Waals surface area contributed by atoms with E-state index in [-0.39, 0.29) is 42.5 Å². The van der Waals surface area contributed by atoms with Crippen LogP contribution in [0.15, 0.2) is 53.9 Å². The number of Topliss-reactive ketones (excluding diaryl/α,β-unsaturated/α-hetero) is 1. The van der Waals surface area contributed by atoms with Crippen molar-refractivity contribution in [2.75, 3.05) is 33.4 Å². The number of methoxy groups -OCH3 is 1. The summed E-state index contributed by atoms with van der Waals surface area (Å²) >= 11 is 1.48. The predicted molar refractivity (Wildman–Crippen MR) is 146 cm³/mol. The van der Waals surface area contributed by atoms with Crippen molar-refractivity contribution in [2.24, 2.45) is 0 Å². The lowest BCUT2D eigenvalue weighted by Gasteiger charge is -2.31. The molecule has 0 radical (unpaired) electrons. The van der Waals surface area contributed by atoms with Crippen LogP contribution >= 0.6 is 11.3 Å². The molecule has 5 rings (SSSR count). The number of hydrogen-bond donors (Lipinski definition) is 1. The lowest BCUT2D eigenvalue weighted by molar-refractivity contribution is -0.132. The van der Waals surface area contributed by atoms with Gasteiger partial charge in [0.2, 0.25) is 5.91 Å². The molecular formula is C29H31N3O6S. The highest BCUT2D eigenvalue weighted by Gasteiger charge is 2.27. The topological polar surface area (TPSA) is 107 Å². The van der Waals surface area contributed by atoms with E-state index in [9.17, 15) is 14.4 Å². The van der Waals surface area contributed by atoms with Crippen molar-refractivity contribution in [1.82, 2.24) is 15.2 Å². The standard InChI is InChI=1S/C29H31N3O6S/c1-36-21-8-6-19(7-9-21)24(33)10-11-27(34)32-14-12-20(13-15-32)29-31-23(18-39-29)28(35)30-16-22-17-37-25-4-2-3-5-26(25)38-22/h2-9,18,20,22H,10-17H2,1H3,(H,30,35). The Morgan fingerprint density at radius 2 is 1.79 bits per heavy atom. The molecule has 1 aromatic heterocycles. The molecule has 0 spiro atoms. The number of para-hydroxylation sites is 2. The first-order chi connectivity index (χ1) is 19.0. The zero-order valence-electron chi connectivity index (χ0n) is 21.8. The summed E-state index contributed by atoms with van der Waals surface area (Å²) in [4.78, 5) is 44.2. The second-order valence-corrected chi connectivity index (χ2v) is 10.5. The van der Waals surface area contributed by atoms with Gasteiger partial charge in [-0.3, -0.25) is 14.4 Å². The highest BCUT2D eigenvalue weighted by molar-refractivity contribution is 7.09. The number of benzene rings is 2. The highest BCUT2D eigenvalue weighted by atomic mass is 32.1. The number of rotatable bonds is 9. The summed E-state index contributed by atoms with van der Waals surface area (Å²) in [6.07, 6.45) is 1.66. The van der Waals surface area contributed by atoms with E-state index in [0.717, 1.165) is 17.8 Å². The Bertz CT molecular complexity index is 1320. The number of hydrogen-bond acceptors (Lipinski definition) is 8. The van der Waals surface area contributed by atoms with Crippen molar-refractivity contribution in [3.63, 3.8) is 0 Å². The van der Waals surface area contributed by atoms with E-state index in [1.165, 1.54) is 11.3 Å². The lowest BCUT2D eigenvalue weighted by Crippen LogP contribution is -2.40. The maximum Gasteiger partial charge on any atom is 0.270 e. The van der Waals surface area contributed by atoms with Gasteiger partial charge in [0, 0.05) is 42.8 Å². The minimum absolute atomic E-state index is 0.00829. The molecule has 9 nitrogen and oxygen atoms in total. The van der Waals surface area contributed by atoms with Gasteiger partial charge in [0.1, 0.15) is 24.2 Å². The van der Waals surface area contributed by atoms with Crippen LogP contribution in [0.2, 0.25) is 0 Å². The van der Waals surface area contributed by atoms with Crippen molar-refractivity contribution >= 4 is 28.9 Å². The largest absolute Gasteiger partial charge is 0.497 e. The summed E-state index contributed by atoms with van der Waals surface area (Å²) in [5.74, 6) is 1.97. The summed E-state index contributed by atoms with van der Waals surface area (Å²) < 4.78 is 16.7. The van der Waals surface area contributed by atoms with Gasteiger partial charge in [0.25, 0.3) is 5.91 Å². The van der Waals surface area contributed by atoms with Gasteiger partial charge < -0.3 is 24.4 Å². The molecule has 2 aromatic carbocycles. The molecule has 0 saturated carbocycles. The first kappa shape index (κ1) is 26.7. The molecule has 39 heavy (non-hydrogen) atoms. The Hall–Kier alpha value is -3.92. The zero-order chi connectivity index (χ0) is 27.2. The quantitative estimate of drug-likeness (QED) is 0.401. The smallest absolute Gasteiger partial charge is 0.270 e. The zero-order valence-corrected chi connectivity index (χ0v) is 22.6. The third-order valence-corrected chi connectivity index (χ3v) is 7.99. The summed E-state index contributed by atoms with van der Waals surface area (Å²) in [6.45, 7) is 1.91. The second kappa shape index (κ2) is 12.3. The fourth-order valence-corrected chi connectivity index (χ4v) is 5.69. The Morgan fingerprint density at radius 3 is 2.54 bits per heavy atom. The van der Waals surface area contributed by atoms with Gasteiger partial charge in [-0.05, 0) is 49.2 Å². The number of fused-ring (bicyclic) bond motifs is 1. The monoisotopic (exact) mass is 549 g/mol. The molecule has 1 fully saturated rings. The normalized spacial score (nSPS) is 16.9. The molecule has 2 aliphatic rings. The van der Waals surface area contributed by atoms with Gasteiger partial charge in [0.15, 0.2) is 17.3 Å². The Morgan fingerprint density at radius 1 is 1.05 bits per heavy atom. The lowest BCUT2D eigenvalue weighted by atomic mass is 9.97. The average Bonchev–Trinajstić information content (AvgIpc) is 3.49. The molecule has 1 saturated heterocycles. The van der Waals surface area contributed by atoms with Crippen molar-refractivity contribution in [1.29, 1.82) is 0 Å². The van der Waals surface area contributed by atoms with Crippen molar-refractivity contribution in [3.8, 4) is 17.2 Å². The van der Waals surface area contributed by atoms with Crippen molar-refractivity contribution in [2.45, 2.75) is 37.7 Å². The van der Waals surface area contributed by atoms with Crippen LogP contribution in [0.1, 0.15) is 57.5 Å². The Kier molecular flexibility index (Phi) is 8.41. The van der Waals surface area contributed by atoms with Crippen LogP contribution in [0.25, 0.3) is 0 Å². The number of carbonyl (C=O) groups is 3. The molecule has 204 valence electrons. The summed E-state index contributed by atoms with van der Waals surface area (Å²) in [5, 5.41) is 5.58. The molecule has 10 heteroatoms. The van der Waals surface area contributed by atoms with Crippen LogP contribution in [0.4, 0.5) is 0 Å². The number of thiazole rings is 1. The van der Waals surface area contributed by atoms with Gasteiger partial charge in [-0.2, -0.15) is 0 Å². The van der Waals surface area contributed by atoms with E-state index < -0.39 is 0 Å². The SMILES string of the molecule is COc1ccc(C(=O)CCC(=O)N2CCC(c3nc(C(=O)NCC4COc5ccccc5O4)cs3)CC2)cc1. The predicted octanol–water partition coefficient (Wildman–Crippen LogP) is 4.09. The number of amides is 2. The number of carbonyl (C=O) groups excluding carboxylic acids is 3. The van der Waals surface area contributed by atoms with Crippen LogP contribution < -0.4 is 19.5 Å². The van der Waals surface area contributed by atoms with Crippen molar-refractivity contribution < 1.29 is 28.6 Å². The maximum atomic E-state index is 12.7. The van der Waals surface area contributed by atoms with Crippen LogP contribution in [-0.4, -0.2) is 66.9 Å². The number of nitrogens with zero attached hydrogens (tertiary/aromatic N) is 2. The van der Waals surface area contributed by atoms with Crippen LogP contribution in [0, 0.1) is 0 Å². The fraction of sp³-hybridized carbons (Fsp3) is 0.379. The van der Waals surface area contributed by atoms with E-state index in [0.29, 0.717) is 54.7 Å².